The Hall–Kier alpha value is -2.06. The van der Waals surface area contributed by atoms with E-state index < -0.39 is 11.7 Å². The van der Waals surface area contributed by atoms with Crippen molar-refractivity contribution in [1.29, 1.82) is 0 Å². The lowest BCUT2D eigenvalue weighted by Crippen LogP contribution is -2.37. The van der Waals surface area contributed by atoms with Crippen molar-refractivity contribution in [3.8, 4) is 0 Å². The van der Waals surface area contributed by atoms with Crippen LogP contribution in [-0.4, -0.2) is 36.3 Å². The van der Waals surface area contributed by atoms with Crippen LogP contribution in [0.4, 0.5) is 30.6 Å². The molecule has 0 spiro atoms. The summed E-state index contributed by atoms with van der Waals surface area (Å²) in [6, 6.07) is 5.33. The highest BCUT2D eigenvalue weighted by Gasteiger charge is 2.33. The van der Waals surface area contributed by atoms with Crippen molar-refractivity contribution in [3.63, 3.8) is 0 Å². The number of alkyl halides is 3. The Morgan fingerprint density at radius 3 is 2.56 bits per heavy atom. The quantitative estimate of drug-likeness (QED) is 0.881. The number of hydrogen-bond donors (Lipinski definition) is 1. The van der Waals surface area contributed by atoms with Gasteiger partial charge in [-0.05, 0) is 25.1 Å². The van der Waals surface area contributed by atoms with Crippen LogP contribution in [-0.2, 0) is 10.9 Å². The standard InChI is InChI=1S/C16H16ClF3N4O/c1-10-8-14(23-15(21-10)24-4-6-25-7-5-24)22-11-2-3-13(17)12(9-11)16(18,19)20/h2-3,8-9H,4-7H2,1H3,(H,21,22,23). The largest absolute Gasteiger partial charge is 0.417 e. The van der Waals surface area contributed by atoms with E-state index >= 15 is 0 Å². The van der Waals surface area contributed by atoms with Crippen molar-refractivity contribution in [3.05, 3.63) is 40.5 Å². The second kappa shape index (κ2) is 7.05. The van der Waals surface area contributed by atoms with E-state index in [1.807, 2.05) is 4.90 Å². The molecule has 0 unspecified atom stereocenters. The second-order valence-electron chi connectivity index (χ2n) is 5.61. The van der Waals surface area contributed by atoms with Gasteiger partial charge in [0.25, 0.3) is 0 Å². The van der Waals surface area contributed by atoms with E-state index in [2.05, 4.69) is 15.3 Å². The maximum Gasteiger partial charge on any atom is 0.417 e. The van der Waals surface area contributed by atoms with E-state index in [-0.39, 0.29) is 10.7 Å². The molecule has 0 radical (unpaired) electrons. The molecule has 134 valence electrons. The number of morpholine rings is 1. The van der Waals surface area contributed by atoms with Crippen LogP contribution in [0.25, 0.3) is 0 Å². The Balaban J connectivity index is 1.87. The van der Waals surface area contributed by atoms with Crippen molar-refractivity contribution in [2.75, 3.05) is 36.5 Å². The lowest BCUT2D eigenvalue weighted by molar-refractivity contribution is -0.137. The van der Waals surface area contributed by atoms with Crippen LogP contribution in [0.15, 0.2) is 24.3 Å². The summed E-state index contributed by atoms with van der Waals surface area (Å²) in [5.74, 6) is 0.945. The summed E-state index contributed by atoms with van der Waals surface area (Å²) in [5.41, 5.74) is 0.0742. The molecule has 9 heteroatoms. The van der Waals surface area contributed by atoms with Gasteiger partial charge in [-0.3, -0.25) is 0 Å². The molecule has 2 aromatic rings. The molecule has 25 heavy (non-hydrogen) atoms. The third kappa shape index (κ3) is 4.32. The third-order valence-corrected chi connectivity index (χ3v) is 4.01. The van der Waals surface area contributed by atoms with Crippen LogP contribution >= 0.6 is 11.6 Å². The van der Waals surface area contributed by atoms with E-state index in [9.17, 15) is 13.2 Å². The molecule has 1 N–H and O–H groups in total. The van der Waals surface area contributed by atoms with Crippen LogP contribution < -0.4 is 10.2 Å². The molecule has 1 aromatic carbocycles. The van der Waals surface area contributed by atoms with Crippen molar-refractivity contribution in [1.82, 2.24) is 9.97 Å². The van der Waals surface area contributed by atoms with Gasteiger partial charge in [-0.15, -0.1) is 0 Å². The highest BCUT2D eigenvalue weighted by Crippen LogP contribution is 2.36. The third-order valence-electron chi connectivity index (χ3n) is 3.68. The number of aryl methyl sites for hydroxylation is 1. The van der Waals surface area contributed by atoms with E-state index in [4.69, 9.17) is 16.3 Å². The lowest BCUT2D eigenvalue weighted by Gasteiger charge is -2.27. The minimum absolute atomic E-state index is 0.253. The fraction of sp³-hybridized carbons (Fsp3) is 0.375. The second-order valence-corrected chi connectivity index (χ2v) is 6.02. The first kappa shape index (κ1) is 17.8. The summed E-state index contributed by atoms with van der Waals surface area (Å²) < 4.78 is 44.2. The topological polar surface area (TPSA) is 50.3 Å². The number of halogens is 4. The monoisotopic (exact) mass is 372 g/mol. The van der Waals surface area contributed by atoms with E-state index in [0.717, 1.165) is 6.07 Å². The van der Waals surface area contributed by atoms with Gasteiger partial charge in [-0.25, -0.2) is 4.98 Å². The molecular weight excluding hydrogens is 357 g/mol. The molecule has 1 aromatic heterocycles. The number of anilines is 3. The molecule has 1 fully saturated rings. The molecule has 3 rings (SSSR count). The van der Waals surface area contributed by atoms with Crippen LogP contribution in [0.1, 0.15) is 11.3 Å². The first-order valence-corrected chi connectivity index (χ1v) is 8.03. The van der Waals surface area contributed by atoms with Crippen molar-refractivity contribution < 1.29 is 17.9 Å². The number of aromatic nitrogens is 2. The fourth-order valence-corrected chi connectivity index (χ4v) is 2.71. The Kier molecular flexibility index (Phi) is 5.01. The Morgan fingerprint density at radius 2 is 1.88 bits per heavy atom. The van der Waals surface area contributed by atoms with Gasteiger partial charge in [0.1, 0.15) is 5.82 Å². The Labute approximate surface area is 147 Å². The molecule has 0 amide bonds. The number of nitrogens with zero attached hydrogens (tertiary/aromatic N) is 3. The first-order chi connectivity index (χ1) is 11.8. The van der Waals surface area contributed by atoms with Crippen LogP contribution in [0, 0.1) is 6.92 Å². The zero-order valence-corrected chi connectivity index (χ0v) is 14.2. The van der Waals surface area contributed by atoms with Crippen molar-refractivity contribution >= 4 is 29.1 Å². The minimum Gasteiger partial charge on any atom is -0.378 e. The number of benzene rings is 1. The van der Waals surface area contributed by atoms with Crippen LogP contribution in [0.2, 0.25) is 5.02 Å². The molecule has 0 atom stereocenters. The van der Waals surface area contributed by atoms with Gasteiger partial charge >= 0.3 is 6.18 Å². The summed E-state index contributed by atoms with van der Waals surface area (Å²) >= 11 is 5.64. The Morgan fingerprint density at radius 1 is 1.16 bits per heavy atom. The number of nitrogens with one attached hydrogen (secondary N) is 1. The average Bonchev–Trinajstić information content (AvgIpc) is 2.56. The van der Waals surface area contributed by atoms with Gasteiger partial charge in [0.2, 0.25) is 5.95 Å². The molecule has 0 bridgehead atoms. The van der Waals surface area contributed by atoms with E-state index in [1.54, 1.807) is 13.0 Å². The molecule has 0 aliphatic carbocycles. The summed E-state index contributed by atoms with van der Waals surface area (Å²) in [6.45, 7) is 4.32. The fourth-order valence-electron chi connectivity index (χ4n) is 2.49. The maximum atomic E-state index is 13.0. The highest BCUT2D eigenvalue weighted by molar-refractivity contribution is 6.31. The minimum atomic E-state index is -4.52. The smallest absolute Gasteiger partial charge is 0.378 e. The van der Waals surface area contributed by atoms with Gasteiger partial charge in [-0.1, -0.05) is 11.6 Å². The maximum absolute atomic E-state index is 13.0. The molecule has 5 nitrogen and oxygen atoms in total. The first-order valence-electron chi connectivity index (χ1n) is 7.65. The molecule has 1 saturated heterocycles. The predicted molar refractivity (Wildman–Crippen MR) is 89.5 cm³/mol. The average molecular weight is 373 g/mol. The zero-order chi connectivity index (χ0) is 18.0. The molecule has 1 aliphatic rings. The van der Waals surface area contributed by atoms with E-state index in [1.165, 1.54) is 12.1 Å². The number of rotatable bonds is 3. The van der Waals surface area contributed by atoms with Crippen LogP contribution in [0.5, 0.6) is 0 Å². The normalized spacial score (nSPS) is 15.3. The predicted octanol–water partition coefficient (Wildman–Crippen LogP) is 4.04. The van der Waals surface area contributed by atoms with Crippen molar-refractivity contribution in [2.24, 2.45) is 0 Å². The van der Waals surface area contributed by atoms with Gasteiger partial charge in [-0.2, -0.15) is 18.2 Å². The van der Waals surface area contributed by atoms with E-state index in [0.29, 0.717) is 43.8 Å². The summed E-state index contributed by atoms with van der Waals surface area (Å²) in [4.78, 5) is 10.8. The van der Waals surface area contributed by atoms with Crippen molar-refractivity contribution in [2.45, 2.75) is 13.1 Å². The number of hydrogen-bond acceptors (Lipinski definition) is 5. The lowest BCUT2D eigenvalue weighted by atomic mass is 10.2. The summed E-state index contributed by atoms with van der Waals surface area (Å²) in [5, 5.41) is 2.55. The molecular formula is C16H16ClF3N4O. The molecule has 2 heterocycles. The summed E-state index contributed by atoms with van der Waals surface area (Å²) in [7, 11) is 0. The van der Waals surface area contributed by atoms with Gasteiger partial charge in [0, 0.05) is 30.5 Å². The van der Waals surface area contributed by atoms with Gasteiger partial charge < -0.3 is 15.0 Å². The van der Waals surface area contributed by atoms with Crippen LogP contribution in [0.3, 0.4) is 0 Å². The number of ether oxygens (including phenoxy) is 1. The molecule has 0 saturated carbocycles. The SMILES string of the molecule is Cc1cc(Nc2ccc(Cl)c(C(F)(F)F)c2)nc(N2CCOCC2)n1. The summed E-state index contributed by atoms with van der Waals surface area (Å²) in [6.07, 6.45) is -4.52. The zero-order valence-electron chi connectivity index (χ0n) is 13.4. The van der Waals surface area contributed by atoms with Gasteiger partial charge in [0.05, 0.1) is 23.8 Å². The van der Waals surface area contributed by atoms with Gasteiger partial charge in [0.15, 0.2) is 0 Å². The Bertz CT molecular complexity index is 764. The molecule has 1 aliphatic heterocycles. The highest BCUT2D eigenvalue weighted by atomic mass is 35.5.